The Bertz CT molecular complexity index is 598. The number of aromatic nitrogens is 1. The lowest BCUT2D eigenvalue weighted by atomic mass is 10.0. The highest BCUT2D eigenvalue weighted by Gasteiger charge is 2.26. The van der Waals surface area contributed by atoms with Gasteiger partial charge in [-0.15, -0.1) is 11.3 Å². The summed E-state index contributed by atoms with van der Waals surface area (Å²) in [5.41, 5.74) is 0. The number of anilines is 1. The van der Waals surface area contributed by atoms with E-state index >= 15 is 0 Å². The predicted molar refractivity (Wildman–Crippen MR) is 93.8 cm³/mol. The first-order chi connectivity index (χ1) is 10.4. The molecule has 2 aromatic rings. The molecule has 0 bridgehead atoms. The summed E-state index contributed by atoms with van der Waals surface area (Å²) in [7, 11) is 0. The summed E-state index contributed by atoms with van der Waals surface area (Å²) in [6.07, 6.45) is 4.53. The van der Waals surface area contributed by atoms with E-state index in [1.54, 1.807) is 0 Å². The van der Waals surface area contributed by atoms with Crippen molar-refractivity contribution in [1.82, 2.24) is 9.88 Å². The molecule has 112 valence electrons. The van der Waals surface area contributed by atoms with Crippen molar-refractivity contribution in [2.75, 3.05) is 42.6 Å². The summed E-state index contributed by atoms with van der Waals surface area (Å²) in [5.74, 6) is 3.83. The van der Waals surface area contributed by atoms with Gasteiger partial charge in [0.1, 0.15) is 5.82 Å². The fourth-order valence-corrected chi connectivity index (χ4v) is 5.23. The maximum Gasteiger partial charge on any atom is 0.137 e. The van der Waals surface area contributed by atoms with E-state index in [4.69, 9.17) is 0 Å². The summed E-state index contributed by atoms with van der Waals surface area (Å²) >= 11 is 3.91. The average Bonchev–Trinajstić information content (AvgIpc) is 3.04. The summed E-state index contributed by atoms with van der Waals surface area (Å²) in [5, 5.41) is 3.50. The second-order valence-electron chi connectivity index (χ2n) is 5.83. The molecule has 0 aromatic carbocycles. The van der Waals surface area contributed by atoms with Crippen LogP contribution in [0.1, 0.15) is 12.8 Å². The molecule has 2 fully saturated rings. The van der Waals surface area contributed by atoms with Gasteiger partial charge in [-0.25, -0.2) is 4.98 Å². The average molecular weight is 319 g/mol. The van der Waals surface area contributed by atoms with Gasteiger partial charge >= 0.3 is 0 Å². The third-order valence-corrected chi connectivity index (χ3v) is 6.51. The molecule has 0 saturated carbocycles. The lowest BCUT2D eigenvalue weighted by molar-refractivity contribution is 0.185. The third-order valence-electron chi connectivity index (χ3n) is 4.68. The molecular weight excluding hydrogens is 298 g/mol. The van der Waals surface area contributed by atoms with Gasteiger partial charge in [0, 0.05) is 60.0 Å². The molecule has 2 aliphatic rings. The molecule has 0 spiro atoms. The Labute approximate surface area is 134 Å². The van der Waals surface area contributed by atoms with Gasteiger partial charge < -0.3 is 4.90 Å². The number of hydrogen-bond donors (Lipinski definition) is 0. The lowest BCUT2D eigenvalue weighted by Crippen LogP contribution is -2.48. The van der Waals surface area contributed by atoms with E-state index in [1.165, 1.54) is 53.3 Å². The summed E-state index contributed by atoms with van der Waals surface area (Å²) in [4.78, 5) is 9.86. The zero-order valence-electron chi connectivity index (χ0n) is 12.2. The number of fused-ring (bicyclic) bond motifs is 1. The molecule has 5 heteroatoms. The minimum absolute atomic E-state index is 0.795. The molecule has 4 heterocycles. The number of thioether (sulfide) groups is 1. The minimum atomic E-state index is 0.795. The third kappa shape index (κ3) is 2.79. The summed E-state index contributed by atoms with van der Waals surface area (Å²) < 4.78 is 1.36. The highest BCUT2D eigenvalue weighted by Crippen LogP contribution is 2.31. The van der Waals surface area contributed by atoms with E-state index < -0.39 is 0 Å². The Hall–Kier alpha value is -0.780. The van der Waals surface area contributed by atoms with E-state index in [2.05, 4.69) is 44.1 Å². The number of nitrogens with zero attached hydrogens (tertiary/aromatic N) is 3. The van der Waals surface area contributed by atoms with Crippen LogP contribution in [0, 0.1) is 0 Å². The van der Waals surface area contributed by atoms with Crippen LogP contribution >= 0.6 is 23.1 Å². The number of thiophene rings is 1. The zero-order valence-corrected chi connectivity index (χ0v) is 13.8. The van der Waals surface area contributed by atoms with Gasteiger partial charge in [0.05, 0.1) is 0 Å². The topological polar surface area (TPSA) is 19.4 Å². The van der Waals surface area contributed by atoms with E-state index in [-0.39, 0.29) is 0 Å². The Balaban J connectivity index is 1.46. The van der Waals surface area contributed by atoms with Crippen LogP contribution in [0.5, 0.6) is 0 Å². The number of piperidine rings is 1. The summed E-state index contributed by atoms with van der Waals surface area (Å²) in [6, 6.07) is 5.14. The Morgan fingerprint density at radius 2 is 1.86 bits per heavy atom. The number of rotatable bonds is 2. The maximum absolute atomic E-state index is 4.66. The summed E-state index contributed by atoms with van der Waals surface area (Å²) in [6.45, 7) is 4.87. The number of hydrogen-bond acceptors (Lipinski definition) is 5. The maximum atomic E-state index is 4.66. The lowest BCUT2D eigenvalue weighted by Gasteiger charge is -2.40. The molecule has 3 nitrogen and oxygen atoms in total. The highest BCUT2D eigenvalue weighted by molar-refractivity contribution is 7.99. The van der Waals surface area contributed by atoms with E-state index in [1.807, 2.05) is 17.5 Å². The molecule has 2 saturated heterocycles. The predicted octanol–water partition coefficient (Wildman–Crippen LogP) is 3.31. The van der Waals surface area contributed by atoms with Crippen LogP contribution in [0.25, 0.3) is 10.1 Å². The van der Waals surface area contributed by atoms with Crippen molar-refractivity contribution in [3.8, 4) is 0 Å². The van der Waals surface area contributed by atoms with Crippen LogP contribution in [0.2, 0.25) is 0 Å². The van der Waals surface area contributed by atoms with Crippen LogP contribution in [-0.2, 0) is 0 Å². The molecule has 0 radical (unpaired) electrons. The monoisotopic (exact) mass is 319 g/mol. The van der Waals surface area contributed by atoms with Gasteiger partial charge in [0.15, 0.2) is 0 Å². The van der Waals surface area contributed by atoms with Crippen LogP contribution < -0.4 is 4.90 Å². The van der Waals surface area contributed by atoms with Crippen molar-refractivity contribution in [2.45, 2.75) is 18.9 Å². The number of pyridine rings is 1. The molecule has 0 amide bonds. The zero-order chi connectivity index (χ0) is 14.1. The van der Waals surface area contributed by atoms with Crippen molar-refractivity contribution in [3.63, 3.8) is 0 Å². The van der Waals surface area contributed by atoms with Gasteiger partial charge in [-0.05, 0) is 30.4 Å². The van der Waals surface area contributed by atoms with Gasteiger partial charge in [-0.1, -0.05) is 0 Å². The Morgan fingerprint density at radius 3 is 2.67 bits per heavy atom. The Morgan fingerprint density at radius 1 is 1.05 bits per heavy atom. The fraction of sp³-hybridized carbons (Fsp3) is 0.562. The molecule has 0 atom stereocenters. The van der Waals surface area contributed by atoms with E-state index in [9.17, 15) is 0 Å². The van der Waals surface area contributed by atoms with Gasteiger partial charge in [0.2, 0.25) is 0 Å². The van der Waals surface area contributed by atoms with Crippen molar-refractivity contribution in [2.24, 2.45) is 0 Å². The first-order valence-corrected chi connectivity index (χ1v) is 9.84. The smallest absolute Gasteiger partial charge is 0.137 e. The van der Waals surface area contributed by atoms with Gasteiger partial charge in [0.25, 0.3) is 0 Å². The minimum Gasteiger partial charge on any atom is -0.356 e. The molecular formula is C16H21N3S2. The normalized spacial score (nSPS) is 22.0. The second kappa shape index (κ2) is 6.15. The molecule has 21 heavy (non-hydrogen) atoms. The van der Waals surface area contributed by atoms with Gasteiger partial charge in [-0.3, -0.25) is 4.90 Å². The van der Waals surface area contributed by atoms with Crippen LogP contribution in [0.15, 0.2) is 23.7 Å². The standard InChI is InChI=1S/C16H21N3S2/c1-5-17-16(14-4-10-21-15(1)14)19-6-2-13(3-7-19)18-8-11-20-12-9-18/h1,4-5,10,13H,2-3,6-9,11-12H2. The van der Waals surface area contributed by atoms with Crippen LogP contribution in [0.4, 0.5) is 5.82 Å². The second-order valence-corrected chi connectivity index (χ2v) is 8.01. The molecule has 0 unspecified atom stereocenters. The van der Waals surface area contributed by atoms with E-state index in [0.717, 1.165) is 19.1 Å². The highest BCUT2D eigenvalue weighted by atomic mass is 32.2. The Kier molecular flexibility index (Phi) is 4.05. The first-order valence-electron chi connectivity index (χ1n) is 7.81. The largest absolute Gasteiger partial charge is 0.356 e. The van der Waals surface area contributed by atoms with Crippen molar-refractivity contribution in [1.29, 1.82) is 0 Å². The molecule has 4 rings (SSSR count). The molecule has 0 N–H and O–H groups in total. The van der Waals surface area contributed by atoms with Crippen LogP contribution in [0.3, 0.4) is 0 Å². The molecule has 2 aromatic heterocycles. The quantitative estimate of drug-likeness (QED) is 0.845. The SMILES string of the molecule is c1cc2sccc2c(N2CCC(N3CCSCC3)CC2)n1. The first kappa shape index (κ1) is 13.9. The van der Waals surface area contributed by atoms with Crippen molar-refractivity contribution in [3.05, 3.63) is 23.7 Å². The molecule has 2 aliphatic heterocycles. The van der Waals surface area contributed by atoms with E-state index in [0.29, 0.717) is 0 Å². The molecule has 0 aliphatic carbocycles. The van der Waals surface area contributed by atoms with Crippen molar-refractivity contribution < 1.29 is 0 Å². The van der Waals surface area contributed by atoms with Crippen LogP contribution in [-0.4, -0.2) is 53.6 Å². The fourth-order valence-electron chi connectivity index (χ4n) is 3.52. The van der Waals surface area contributed by atoms with Gasteiger partial charge in [-0.2, -0.15) is 11.8 Å². The van der Waals surface area contributed by atoms with Crippen molar-refractivity contribution >= 4 is 39.0 Å².